The molecule has 0 spiro atoms. The van der Waals surface area contributed by atoms with Crippen LogP contribution in [0.25, 0.3) is 16.8 Å². The zero-order valence-electron chi connectivity index (χ0n) is 11.0. The molecule has 0 bridgehead atoms. The first-order valence-electron chi connectivity index (χ1n) is 6.53. The minimum absolute atomic E-state index is 0.607. The summed E-state index contributed by atoms with van der Waals surface area (Å²) in [5.74, 6) is 0.816. The summed E-state index contributed by atoms with van der Waals surface area (Å²) in [7, 11) is 0. The first-order chi connectivity index (χ1) is 10.2. The first kappa shape index (κ1) is 12.6. The van der Waals surface area contributed by atoms with Gasteiger partial charge in [-0.15, -0.1) is 5.10 Å². The number of fused-ring (bicyclic) bond motifs is 3. The zero-order valence-corrected chi connectivity index (χ0v) is 12.5. The molecule has 0 fully saturated rings. The Morgan fingerprint density at radius 1 is 1.05 bits per heavy atom. The number of aromatic amines is 1. The van der Waals surface area contributed by atoms with Gasteiger partial charge in [-0.05, 0) is 42.0 Å². The molecule has 4 nitrogen and oxygen atoms in total. The zero-order chi connectivity index (χ0) is 14.4. The Morgan fingerprint density at radius 2 is 1.76 bits per heavy atom. The van der Waals surface area contributed by atoms with Crippen LogP contribution in [0.1, 0.15) is 5.56 Å². The number of nitrogens with zero attached hydrogens (tertiary/aromatic N) is 3. The lowest BCUT2D eigenvalue weighted by Gasteiger charge is -2.05. The summed E-state index contributed by atoms with van der Waals surface area (Å²) in [5, 5.41) is 7.95. The van der Waals surface area contributed by atoms with Crippen molar-refractivity contribution in [3.8, 4) is 0 Å². The summed E-state index contributed by atoms with van der Waals surface area (Å²) in [6.07, 6.45) is 0. The molecule has 2 aromatic carbocycles. The Morgan fingerprint density at radius 3 is 2.52 bits per heavy atom. The predicted molar refractivity (Wildman–Crippen MR) is 86.4 cm³/mol. The van der Waals surface area contributed by atoms with Crippen molar-refractivity contribution < 1.29 is 0 Å². The summed E-state index contributed by atoms with van der Waals surface area (Å²) in [6, 6.07) is 16.0. The van der Waals surface area contributed by atoms with E-state index in [4.69, 9.17) is 23.8 Å². The molecule has 0 saturated heterocycles. The molecule has 2 aromatic heterocycles. The third kappa shape index (κ3) is 1.97. The molecule has 2 heterocycles. The number of halogens is 1. The second-order valence-corrected chi connectivity index (χ2v) is 5.69. The fraction of sp³-hybridized carbons (Fsp3) is 0.0667. The topological polar surface area (TPSA) is 38.0 Å². The standard InChI is InChI=1S/C15H11ClN4S/c16-11-7-5-10(6-8-11)9-19-12-3-1-2-4-13(12)20-14(19)17-18-15(20)21/h1-8H,9H2,(H,18,21). The van der Waals surface area contributed by atoms with Crippen molar-refractivity contribution in [1.29, 1.82) is 0 Å². The van der Waals surface area contributed by atoms with Crippen LogP contribution in [-0.4, -0.2) is 19.2 Å². The van der Waals surface area contributed by atoms with E-state index in [1.165, 1.54) is 0 Å². The van der Waals surface area contributed by atoms with E-state index < -0.39 is 0 Å². The van der Waals surface area contributed by atoms with Crippen molar-refractivity contribution in [3.05, 3.63) is 63.9 Å². The molecule has 4 aromatic rings. The molecule has 4 rings (SSSR count). The maximum absolute atomic E-state index is 5.94. The van der Waals surface area contributed by atoms with E-state index in [-0.39, 0.29) is 0 Å². The Labute approximate surface area is 130 Å². The molecule has 0 radical (unpaired) electrons. The van der Waals surface area contributed by atoms with Crippen LogP contribution >= 0.6 is 23.8 Å². The largest absolute Gasteiger partial charge is 0.304 e. The van der Waals surface area contributed by atoms with Gasteiger partial charge in [-0.3, -0.25) is 4.40 Å². The molecule has 104 valence electrons. The molecule has 21 heavy (non-hydrogen) atoms. The predicted octanol–water partition coefficient (Wildman–Crippen LogP) is 4.05. The van der Waals surface area contributed by atoms with Crippen molar-refractivity contribution in [2.24, 2.45) is 0 Å². The number of H-pyrrole nitrogens is 1. The van der Waals surface area contributed by atoms with Gasteiger partial charge in [0.1, 0.15) is 0 Å². The van der Waals surface area contributed by atoms with Crippen molar-refractivity contribution in [3.63, 3.8) is 0 Å². The van der Waals surface area contributed by atoms with E-state index in [2.05, 4.69) is 20.8 Å². The van der Waals surface area contributed by atoms with Crippen LogP contribution in [0.4, 0.5) is 0 Å². The monoisotopic (exact) mass is 314 g/mol. The molecular formula is C15H11ClN4S. The van der Waals surface area contributed by atoms with Crippen LogP contribution in [0.2, 0.25) is 5.02 Å². The van der Waals surface area contributed by atoms with E-state index in [1.807, 2.05) is 46.9 Å². The van der Waals surface area contributed by atoms with Crippen LogP contribution in [0.15, 0.2) is 48.5 Å². The number of aromatic nitrogens is 4. The highest BCUT2D eigenvalue weighted by molar-refractivity contribution is 7.71. The highest BCUT2D eigenvalue weighted by Gasteiger charge is 2.12. The third-order valence-electron chi connectivity index (χ3n) is 3.56. The van der Waals surface area contributed by atoms with Crippen LogP contribution < -0.4 is 0 Å². The van der Waals surface area contributed by atoms with Gasteiger partial charge in [-0.2, -0.15) is 0 Å². The molecular weight excluding hydrogens is 304 g/mol. The minimum atomic E-state index is 0.607. The molecule has 0 atom stereocenters. The Balaban J connectivity index is 1.97. The lowest BCUT2D eigenvalue weighted by Crippen LogP contribution is -2.00. The summed E-state index contributed by atoms with van der Waals surface area (Å²) in [4.78, 5) is 0. The Bertz CT molecular complexity index is 994. The third-order valence-corrected chi connectivity index (χ3v) is 4.09. The van der Waals surface area contributed by atoms with Gasteiger partial charge < -0.3 is 4.57 Å². The molecule has 0 unspecified atom stereocenters. The highest BCUT2D eigenvalue weighted by atomic mass is 35.5. The van der Waals surface area contributed by atoms with Crippen molar-refractivity contribution >= 4 is 40.6 Å². The van der Waals surface area contributed by atoms with E-state index in [9.17, 15) is 0 Å². The summed E-state index contributed by atoms with van der Waals surface area (Å²) in [6.45, 7) is 0.716. The highest BCUT2D eigenvalue weighted by Crippen LogP contribution is 2.21. The quantitative estimate of drug-likeness (QED) is 0.567. The number of rotatable bonds is 2. The SMILES string of the molecule is S=c1[nH]nc2n(Cc3ccc(Cl)cc3)c3ccccc3n12. The molecule has 0 saturated carbocycles. The maximum Gasteiger partial charge on any atom is 0.235 e. The summed E-state index contributed by atoms with van der Waals surface area (Å²) in [5.41, 5.74) is 3.33. The van der Waals surface area contributed by atoms with E-state index >= 15 is 0 Å². The number of imidazole rings is 1. The smallest absolute Gasteiger partial charge is 0.235 e. The fourth-order valence-corrected chi connectivity index (χ4v) is 2.96. The maximum atomic E-state index is 5.94. The second-order valence-electron chi connectivity index (χ2n) is 4.87. The van der Waals surface area contributed by atoms with Gasteiger partial charge in [0, 0.05) is 5.02 Å². The average molecular weight is 315 g/mol. The van der Waals surface area contributed by atoms with Gasteiger partial charge in [0.25, 0.3) is 0 Å². The van der Waals surface area contributed by atoms with Gasteiger partial charge in [0.15, 0.2) is 0 Å². The van der Waals surface area contributed by atoms with E-state index in [0.29, 0.717) is 11.3 Å². The number of hydrogen-bond acceptors (Lipinski definition) is 2. The first-order valence-corrected chi connectivity index (χ1v) is 7.31. The van der Waals surface area contributed by atoms with Crippen LogP contribution in [0, 0.1) is 4.77 Å². The molecule has 0 aliphatic rings. The molecule has 0 aliphatic heterocycles. The normalized spacial score (nSPS) is 11.5. The number of para-hydroxylation sites is 2. The van der Waals surface area contributed by atoms with Crippen LogP contribution in [0.5, 0.6) is 0 Å². The van der Waals surface area contributed by atoms with Crippen molar-refractivity contribution in [1.82, 2.24) is 19.2 Å². The lowest BCUT2D eigenvalue weighted by atomic mass is 10.2. The Hall–Kier alpha value is -2.11. The average Bonchev–Trinajstić information content (AvgIpc) is 3.02. The second kappa shape index (κ2) is 4.72. The van der Waals surface area contributed by atoms with Crippen molar-refractivity contribution in [2.75, 3.05) is 0 Å². The van der Waals surface area contributed by atoms with Gasteiger partial charge in [0.2, 0.25) is 10.5 Å². The minimum Gasteiger partial charge on any atom is -0.304 e. The van der Waals surface area contributed by atoms with Gasteiger partial charge >= 0.3 is 0 Å². The van der Waals surface area contributed by atoms with Crippen LogP contribution in [-0.2, 0) is 6.54 Å². The van der Waals surface area contributed by atoms with E-state index in [0.717, 1.165) is 27.4 Å². The van der Waals surface area contributed by atoms with Gasteiger partial charge in [-0.1, -0.05) is 35.9 Å². The van der Waals surface area contributed by atoms with E-state index in [1.54, 1.807) is 0 Å². The summed E-state index contributed by atoms with van der Waals surface area (Å²) < 4.78 is 4.71. The number of hydrogen-bond donors (Lipinski definition) is 1. The van der Waals surface area contributed by atoms with Gasteiger partial charge in [-0.25, -0.2) is 5.10 Å². The lowest BCUT2D eigenvalue weighted by molar-refractivity contribution is 0.839. The number of benzene rings is 2. The number of nitrogens with one attached hydrogen (secondary N) is 1. The fourth-order valence-electron chi connectivity index (χ4n) is 2.60. The van der Waals surface area contributed by atoms with Gasteiger partial charge in [0.05, 0.1) is 17.6 Å². The molecule has 0 amide bonds. The van der Waals surface area contributed by atoms with Crippen LogP contribution in [0.3, 0.4) is 0 Å². The van der Waals surface area contributed by atoms with Crippen molar-refractivity contribution in [2.45, 2.75) is 6.54 Å². The molecule has 0 aliphatic carbocycles. The Kier molecular flexibility index (Phi) is 2.83. The molecule has 1 N–H and O–H groups in total. The summed E-state index contributed by atoms with van der Waals surface area (Å²) >= 11 is 11.3. The molecule has 6 heteroatoms.